The van der Waals surface area contributed by atoms with Crippen LogP contribution in [0.4, 0.5) is 17.1 Å². The van der Waals surface area contributed by atoms with Gasteiger partial charge in [0.25, 0.3) is 0 Å². The van der Waals surface area contributed by atoms with Gasteiger partial charge in [-0.15, -0.1) is 0 Å². The molecular weight excluding hydrogens is 779 g/mol. The molecule has 0 N–H and O–H groups in total. The molecule has 10 aromatic carbocycles. The number of anilines is 3. The smallest absolute Gasteiger partial charge is 0.143 e. The van der Waals surface area contributed by atoms with Crippen molar-refractivity contribution < 1.29 is 9.15 Å². The van der Waals surface area contributed by atoms with Crippen LogP contribution < -0.4 is 9.64 Å². The Morgan fingerprint density at radius 1 is 0.375 bits per heavy atom. The standard InChI is InChI=1S/C61H41NO2/c1-61(2)54-23-10-8-18-47(54)48-32-30-43(36-55(48)61)62(42-28-26-39(27-29-42)46-21-12-22-51-49-19-9-11-24-56(49)64-60(46)51)44-31-33-50-52-34-40-16-6-7-17-41(40)35-53(52)59-45(38-14-4-3-5-15-38)20-13-25-57(59)63-58(50)37-44/h3-37H,1-2H3. The molecule has 0 fully saturated rings. The Morgan fingerprint density at radius 3 is 1.83 bits per heavy atom. The second-order valence-corrected chi connectivity index (χ2v) is 17.6. The fraction of sp³-hybridized carbons (Fsp3) is 0.0492. The first-order valence-corrected chi connectivity index (χ1v) is 22.1. The van der Waals surface area contributed by atoms with Crippen LogP contribution in [0.15, 0.2) is 217 Å². The minimum absolute atomic E-state index is 0.160. The van der Waals surface area contributed by atoms with Crippen molar-refractivity contribution in [3.63, 3.8) is 0 Å². The second-order valence-electron chi connectivity index (χ2n) is 17.6. The molecule has 0 spiro atoms. The van der Waals surface area contributed by atoms with Crippen LogP contribution >= 0.6 is 0 Å². The summed E-state index contributed by atoms with van der Waals surface area (Å²) in [5.41, 5.74) is 19.0. The number of ether oxygens (including phenoxy) is 1. The molecule has 3 heteroatoms. The van der Waals surface area contributed by atoms with Crippen molar-refractivity contribution in [2.45, 2.75) is 19.3 Å². The van der Waals surface area contributed by atoms with Crippen LogP contribution in [-0.2, 0) is 5.41 Å². The van der Waals surface area contributed by atoms with Gasteiger partial charge in [0.1, 0.15) is 22.7 Å². The predicted octanol–water partition coefficient (Wildman–Crippen LogP) is 17.3. The lowest BCUT2D eigenvalue weighted by Crippen LogP contribution is -2.16. The predicted molar refractivity (Wildman–Crippen MR) is 265 cm³/mol. The van der Waals surface area contributed by atoms with Gasteiger partial charge in [0.15, 0.2) is 0 Å². The van der Waals surface area contributed by atoms with Gasteiger partial charge in [-0.1, -0.05) is 159 Å². The summed E-state index contributed by atoms with van der Waals surface area (Å²) in [7, 11) is 0. The Hall–Kier alpha value is -8.14. The zero-order chi connectivity index (χ0) is 42.5. The lowest BCUT2D eigenvalue weighted by molar-refractivity contribution is 0.488. The Balaban J connectivity index is 0.999. The monoisotopic (exact) mass is 819 g/mol. The number of benzene rings is 10. The minimum Gasteiger partial charge on any atom is -0.456 e. The largest absolute Gasteiger partial charge is 0.456 e. The van der Waals surface area contributed by atoms with E-state index in [4.69, 9.17) is 9.15 Å². The first-order valence-electron chi connectivity index (χ1n) is 22.1. The molecule has 0 saturated heterocycles. The number of fused-ring (bicyclic) bond motifs is 12. The quantitative estimate of drug-likeness (QED) is 0.173. The third kappa shape index (κ3) is 5.54. The van der Waals surface area contributed by atoms with Gasteiger partial charge in [0, 0.05) is 56.0 Å². The summed E-state index contributed by atoms with van der Waals surface area (Å²) >= 11 is 0. The van der Waals surface area contributed by atoms with Gasteiger partial charge in [-0.05, 0) is 122 Å². The van der Waals surface area contributed by atoms with E-state index < -0.39 is 0 Å². The summed E-state index contributed by atoms with van der Waals surface area (Å²) in [6.07, 6.45) is 0. The Morgan fingerprint density at radius 2 is 0.984 bits per heavy atom. The van der Waals surface area contributed by atoms with E-state index in [1.807, 2.05) is 12.1 Å². The molecule has 1 aromatic heterocycles. The summed E-state index contributed by atoms with van der Waals surface area (Å²) in [6, 6.07) is 76.6. The van der Waals surface area contributed by atoms with Crippen molar-refractivity contribution in [3.8, 4) is 67.1 Å². The summed E-state index contributed by atoms with van der Waals surface area (Å²) in [5.74, 6) is 1.64. The van der Waals surface area contributed by atoms with Crippen molar-refractivity contribution in [1.29, 1.82) is 0 Å². The van der Waals surface area contributed by atoms with Crippen molar-refractivity contribution in [1.82, 2.24) is 0 Å². The lowest BCUT2D eigenvalue weighted by Gasteiger charge is -2.29. The number of nitrogens with zero attached hydrogens (tertiary/aromatic N) is 1. The van der Waals surface area contributed by atoms with E-state index in [2.05, 4.69) is 219 Å². The van der Waals surface area contributed by atoms with E-state index >= 15 is 0 Å². The second kappa shape index (κ2) is 13.9. The van der Waals surface area contributed by atoms with E-state index in [0.29, 0.717) is 0 Å². The molecule has 2 aliphatic rings. The number of hydrogen-bond donors (Lipinski definition) is 0. The topological polar surface area (TPSA) is 25.6 Å². The zero-order valence-corrected chi connectivity index (χ0v) is 35.5. The molecule has 0 atom stereocenters. The third-order valence-corrected chi connectivity index (χ3v) is 13.7. The maximum atomic E-state index is 7.19. The maximum Gasteiger partial charge on any atom is 0.143 e. The van der Waals surface area contributed by atoms with Crippen molar-refractivity contribution in [3.05, 3.63) is 223 Å². The van der Waals surface area contributed by atoms with Gasteiger partial charge in [0.2, 0.25) is 0 Å². The van der Waals surface area contributed by atoms with Crippen LogP contribution in [0.25, 0.3) is 88.3 Å². The Bertz CT molecular complexity index is 3670. The van der Waals surface area contributed by atoms with Crippen LogP contribution in [0.3, 0.4) is 0 Å². The highest BCUT2D eigenvalue weighted by atomic mass is 16.5. The van der Waals surface area contributed by atoms with Crippen LogP contribution in [0.5, 0.6) is 11.5 Å². The summed E-state index contributed by atoms with van der Waals surface area (Å²) in [6.45, 7) is 4.69. The SMILES string of the molecule is CC1(C)c2ccccc2-c2ccc(N(c3ccc(-c4cccc5c4oc4ccccc45)cc3)c3ccc4c(c3)Oc3cccc(-c5ccccc5)c3-c3cc5ccccc5cc3-4)cc21. The van der Waals surface area contributed by atoms with Crippen molar-refractivity contribution in [2.75, 3.05) is 4.90 Å². The summed E-state index contributed by atoms with van der Waals surface area (Å²) < 4.78 is 13.7. The fourth-order valence-corrected chi connectivity index (χ4v) is 10.5. The zero-order valence-electron chi connectivity index (χ0n) is 35.5. The van der Waals surface area contributed by atoms with Crippen LogP contribution in [0.1, 0.15) is 25.0 Å². The summed E-state index contributed by atoms with van der Waals surface area (Å²) in [5, 5.41) is 4.64. The average Bonchev–Trinajstić information content (AvgIpc) is 3.78. The van der Waals surface area contributed by atoms with Crippen molar-refractivity contribution in [2.24, 2.45) is 0 Å². The molecule has 1 aliphatic heterocycles. The molecule has 3 nitrogen and oxygen atoms in total. The van der Waals surface area contributed by atoms with Gasteiger partial charge in [-0.3, -0.25) is 0 Å². The molecule has 2 heterocycles. The Kier molecular flexibility index (Phi) is 7.95. The molecule has 1 aliphatic carbocycles. The average molecular weight is 820 g/mol. The molecule has 64 heavy (non-hydrogen) atoms. The van der Waals surface area contributed by atoms with Gasteiger partial charge >= 0.3 is 0 Å². The number of furan rings is 1. The molecule has 0 bridgehead atoms. The minimum atomic E-state index is -0.160. The number of rotatable bonds is 5. The van der Waals surface area contributed by atoms with Gasteiger partial charge in [-0.2, -0.15) is 0 Å². The third-order valence-electron chi connectivity index (χ3n) is 13.7. The van der Waals surface area contributed by atoms with Crippen molar-refractivity contribution >= 4 is 49.8 Å². The lowest BCUT2D eigenvalue weighted by atomic mass is 9.82. The highest BCUT2D eigenvalue weighted by molar-refractivity contribution is 6.10. The molecule has 13 rings (SSSR count). The molecule has 0 unspecified atom stereocenters. The summed E-state index contributed by atoms with van der Waals surface area (Å²) in [4.78, 5) is 2.38. The number of hydrogen-bond acceptors (Lipinski definition) is 3. The fourth-order valence-electron chi connectivity index (χ4n) is 10.5. The highest BCUT2D eigenvalue weighted by Crippen LogP contribution is 2.54. The van der Waals surface area contributed by atoms with E-state index in [0.717, 1.165) is 95.0 Å². The molecule has 11 aromatic rings. The number of para-hydroxylation sites is 2. The first kappa shape index (κ1) is 36.5. The van der Waals surface area contributed by atoms with E-state index in [9.17, 15) is 0 Å². The van der Waals surface area contributed by atoms with E-state index in [-0.39, 0.29) is 5.41 Å². The van der Waals surface area contributed by atoms with E-state index in [1.165, 1.54) is 33.0 Å². The van der Waals surface area contributed by atoms with Crippen LogP contribution in [-0.4, -0.2) is 0 Å². The van der Waals surface area contributed by atoms with Crippen LogP contribution in [0, 0.1) is 0 Å². The van der Waals surface area contributed by atoms with Gasteiger partial charge in [-0.25, -0.2) is 0 Å². The molecule has 0 saturated carbocycles. The van der Waals surface area contributed by atoms with Gasteiger partial charge < -0.3 is 14.1 Å². The molecular formula is C61H41NO2. The first-order chi connectivity index (χ1) is 31.5. The normalized spacial score (nSPS) is 13.1. The highest BCUT2D eigenvalue weighted by Gasteiger charge is 2.36. The van der Waals surface area contributed by atoms with E-state index in [1.54, 1.807) is 0 Å². The molecule has 0 amide bonds. The maximum absolute atomic E-state index is 7.19. The molecule has 302 valence electrons. The molecule has 0 radical (unpaired) electrons. The Labute approximate surface area is 372 Å². The van der Waals surface area contributed by atoms with Gasteiger partial charge in [0.05, 0.1) is 0 Å². The van der Waals surface area contributed by atoms with Crippen LogP contribution in [0.2, 0.25) is 0 Å².